The van der Waals surface area contributed by atoms with Gasteiger partial charge in [0.2, 0.25) is 0 Å². The number of H-pyrrole nitrogens is 1. The quantitative estimate of drug-likeness (QED) is 0.463. The van der Waals surface area contributed by atoms with E-state index in [0.29, 0.717) is 6.54 Å². The first kappa shape index (κ1) is 20.2. The maximum Gasteiger partial charge on any atom is 0.410 e. The normalized spacial score (nSPS) is 17.0. The number of nitrogens with zero attached hydrogens (tertiary/aromatic N) is 2. The Labute approximate surface area is 183 Å². The van der Waals surface area contributed by atoms with Crippen molar-refractivity contribution in [2.45, 2.75) is 45.3 Å². The summed E-state index contributed by atoms with van der Waals surface area (Å²) in [6.45, 7) is 6.36. The van der Waals surface area contributed by atoms with E-state index in [1.54, 1.807) is 16.2 Å². The number of hydrogen-bond donors (Lipinski definition) is 1. The van der Waals surface area contributed by atoms with Crippen LogP contribution in [0.15, 0.2) is 46.4 Å². The van der Waals surface area contributed by atoms with E-state index >= 15 is 0 Å². The number of aromatic amines is 1. The van der Waals surface area contributed by atoms with Crippen LogP contribution in [0.4, 0.5) is 4.79 Å². The summed E-state index contributed by atoms with van der Waals surface area (Å²) < 4.78 is 6.69. The molecular weight excluding hydrogens is 450 g/mol. The molecule has 0 saturated carbocycles. The van der Waals surface area contributed by atoms with Gasteiger partial charge in [-0.2, -0.15) is 0 Å². The number of aromatic nitrogens is 2. The zero-order valence-electron chi connectivity index (χ0n) is 16.7. The molecule has 0 aliphatic carbocycles. The summed E-state index contributed by atoms with van der Waals surface area (Å²) in [5.41, 5.74) is 2.72. The van der Waals surface area contributed by atoms with Crippen molar-refractivity contribution in [2.24, 2.45) is 0 Å². The van der Waals surface area contributed by atoms with E-state index in [-0.39, 0.29) is 12.1 Å². The highest BCUT2D eigenvalue weighted by atomic mass is 79.9. The lowest BCUT2D eigenvalue weighted by atomic mass is 10.1. The summed E-state index contributed by atoms with van der Waals surface area (Å²) in [5.74, 6) is 0.814. The summed E-state index contributed by atoms with van der Waals surface area (Å²) >= 11 is 5.23. The molecule has 1 aliphatic rings. The van der Waals surface area contributed by atoms with Crippen molar-refractivity contribution >= 4 is 33.4 Å². The second-order valence-electron chi connectivity index (χ2n) is 8.19. The van der Waals surface area contributed by atoms with Crippen LogP contribution >= 0.6 is 27.3 Å². The molecule has 1 aromatic carbocycles. The van der Waals surface area contributed by atoms with Crippen LogP contribution in [-0.4, -0.2) is 33.1 Å². The molecule has 3 aromatic rings. The fraction of sp³-hybridized carbons (Fsp3) is 0.364. The van der Waals surface area contributed by atoms with E-state index in [0.717, 1.165) is 33.7 Å². The molecule has 1 aliphatic heterocycles. The Kier molecular flexibility index (Phi) is 5.53. The number of carbonyl (C=O) groups is 1. The van der Waals surface area contributed by atoms with Crippen molar-refractivity contribution in [1.29, 1.82) is 0 Å². The Balaban J connectivity index is 1.51. The van der Waals surface area contributed by atoms with Gasteiger partial charge in [0.25, 0.3) is 0 Å². The Bertz CT molecular complexity index is 1000. The fourth-order valence-electron chi connectivity index (χ4n) is 3.53. The van der Waals surface area contributed by atoms with E-state index in [2.05, 4.69) is 62.3 Å². The average Bonchev–Trinajstić information content (AvgIpc) is 3.40. The first-order valence-electron chi connectivity index (χ1n) is 9.71. The molecule has 1 atom stereocenters. The number of imidazole rings is 1. The maximum absolute atomic E-state index is 12.6. The van der Waals surface area contributed by atoms with Gasteiger partial charge < -0.3 is 9.72 Å². The maximum atomic E-state index is 12.6. The van der Waals surface area contributed by atoms with Crippen LogP contribution in [0.2, 0.25) is 0 Å². The van der Waals surface area contributed by atoms with Gasteiger partial charge in [-0.05, 0) is 72.8 Å². The third-order valence-corrected chi connectivity index (χ3v) is 6.52. The second-order valence-corrected chi connectivity index (χ2v) is 10.7. The first-order valence-corrected chi connectivity index (χ1v) is 11.3. The summed E-state index contributed by atoms with van der Waals surface area (Å²) in [7, 11) is 0. The van der Waals surface area contributed by atoms with Crippen LogP contribution in [0.3, 0.4) is 0 Å². The SMILES string of the molecule is CC(C)(C)OC(=O)N1CCC[C@H]1c1ncc(-c2ccc(-c3ccc(Br)s3)cc2)[nH]1. The molecule has 29 heavy (non-hydrogen) atoms. The van der Waals surface area contributed by atoms with E-state index in [1.165, 1.54) is 10.4 Å². The Morgan fingerprint density at radius 2 is 1.93 bits per heavy atom. The molecule has 2 aromatic heterocycles. The number of ether oxygens (including phenoxy) is 1. The number of nitrogens with one attached hydrogen (secondary N) is 1. The second kappa shape index (κ2) is 7.95. The van der Waals surface area contributed by atoms with Gasteiger partial charge >= 0.3 is 6.09 Å². The molecule has 1 saturated heterocycles. The molecule has 7 heteroatoms. The van der Waals surface area contributed by atoms with E-state index < -0.39 is 5.60 Å². The molecule has 1 fully saturated rings. The van der Waals surface area contributed by atoms with Gasteiger partial charge in [0.15, 0.2) is 0 Å². The standard InChI is InChI=1S/C22H24BrN3O2S/c1-22(2,3)28-21(27)26-12-4-5-17(26)20-24-13-16(25-20)14-6-8-15(9-7-14)18-10-11-19(23)29-18/h6-11,13,17H,4-5,12H2,1-3H3,(H,24,25)/t17-/m0/s1. The Morgan fingerprint density at radius 1 is 1.21 bits per heavy atom. The summed E-state index contributed by atoms with van der Waals surface area (Å²) in [5, 5.41) is 0. The summed E-state index contributed by atoms with van der Waals surface area (Å²) in [6.07, 6.45) is 3.41. The molecular formula is C22H24BrN3O2S. The number of amides is 1. The Hall–Kier alpha value is -2.12. The smallest absolute Gasteiger partial charge is 0.410 e. The zero-order valence-corrected chi connectivity index (χ0v) is 19.1. The van der Waals surface area contributed by atoms with Crippen molar-refractivity contribution in [3.05, 3.63) is 52.2 Å². The van der Waals surface area contributed by atoms with Crippen molar-refractivity contribution in [1.82, 2.24) is 14.9 Å². The molecule has 0 radical (unpaired) electrons. The number of benzene rings is 1. The number of likely N-dealkylation sites (tertiary alicyclic amines) is 1. The van der Waals surface area contributed by atoms with Crippen LogP contribution < -0.4 is 0 Å². The minimum absolute atomic E-state index is 0.0682. The number of thiophene rings is 1. The molecule has 3 heterocycles. The fourth-order valence-corrected chi connectivity index (χ4v) is 4.92. The van der Waals surface area contributed by atoms with Gasteiger partial charge in [-0.3, -0.25) is 4.90 Å². The predicted octanol–water partition coefficient (Wildman–Crippen LogP) is 6.64. The molecule has 1 N–H and O–H groups in total. The van der Waals surface area contributed by atoms with Gasteiger partial charge in [0.1, 0.15) is 11.4 Å². The third kappa shape index (κ3) is 4.56. The molecule has 0 spiro atoms. The van der Waals surface area contributed by atoms with Crippen LogP contribution in [-0.2, 0) is 4.74 Å². The van der Waals surface area contributed by atoms with Gasteiger partial charge in [-0.15, -0.1) is 11.3 Å². The highest BCUT2D eigenvalue weighted by molar-refractivity contribution is 9.11. The number of carbonyl (C=O) groups excluding carboxylic acids is 1. The van der Waals surface area contributed by atoms with Crippen molar-refractivity contribution in [3.63, 3.8) is 0 Å². The topological polar surface area (TPSA) is 58.2 Å². The highest BCUT2D eigenvalue weighted by Gasteiger charge is 2.34. The number of halogens is 1. The summed E-state index contributed by atoms with van der Waals surface area (Å²) in [6, 6.07) is 12.5. The van der Waals surface area contributed by atoms with Crippen molar-refractivity contribution in [3.8, 4) is 21.7 Å². The number of hydrogen-bond acceptors (Lipinski definition) is 4. The monoisotopic (exact) mass is 473 g/mol. The van der Waals surface area contributed by atoms with Gasteiger partial charge in [-0.25, -0.2) is 9.78 Å². The third-order valence-electron chi connectivity index (χ3n) is 4.85. The van der Waals surface area contributed by atoms with Crippen molar-refractivity contribution in [2.75, 3.05) is 6.54 Å². The van der Waals surface area contributed by atoms with Crippen LogP contribution in [0.1, 0.15) is 45.5 Å². The molecule has 4 rings (SSSR count). The minimum atomic E-state index is -0.502. The zero-order chi connectivity index (χ0) is 20.6. The minimum Gasteiger partial charge on any atom is -0.444 e. The van der Waals surface area contributed by atoms with E-state index in [1.807, 2.05) is 27.0 Å². The molecule has 152 valence electrons. The van der Waals surface area contributed by atoms with Crippen molar-refractivity contribution < 1.29 is 9.53 Å². The van der Waals surface area contributed by atoms with Crippen LogP contribution in [0.5, 0.6) is 0 Å². The lowest BCUT2D eigenvalue weighted by molar-refractivity contribution is 0.0219. The molecule has 0 unspecified atom stereocenters. The predicted molar refractivity (Wildman–Crippen MR) is 120 cm³/mol. The lowest BCUT2D eigenvalue weighted by Gasteiger charge is -2.27. The first-order chi connectivity index (χ1) is 13.8. The van der Waals surface area contributed by atoms with E-state index in [9.17, 15) is 4.79 Å². The lowest BCUT2D eigenvalue weighted by Crippen LogP contribution is -2.36. The van der Waals surface area contributed by atoms with Gasteiger partial charge in [0.05, 0.1) is 21.7 Å². The molecule has 1 amide bonds. The molecule has 0 bridgehead atoms. The van der Waals surface area contributed by atoms with Crippen LogP contribution in [0, 0.1) is 0 Å². The Morgan fingerprint density at radius 3 is 2.59 bits per heavy atom. The molecule has 5 nitrogen and oxygen atoms in total. The van der Waals surface area contributed by atoms with E-state index in [4.69, 9.17) is 4.74 Å². The van der Waals surface area contributed by atoms with Crippen LogP contribution in [0.25, 0.3) is 21.7 Å². The highest BCUT2D eigenvalue weighted by Crippen LogP contribution is 2.34. The van der Waals surface area contributed by atoms with Gasteiger partial charge in [-0.1, -0.05) is 24.3 Å². The van der Waals surface area contributed by atoms with Gasteiger partial charge in [0, 0.05) is 11.4 Å². The summed E-state index contributed by atoms with van der Waals surface area (Å²) in [4.78, 5) is 23.6. The number of rotatable bonds is 3. The average molecular weight is 474 g/mol. The largest absolute Gasteiger partial charge is 0.444 e.